The Kier molecular flexibility index (Phi) is 5.56. The molecule has 0 saturated carbocycles. The molecule has 0 bridgehead atoms. The minimum absolute atomic E-state index is 0.0249. The molecular weight excluding hydrogens is 344 g/mol. The Bertz CT molecular complexity index is 842. The SMILES string of the molecule is CC(=O)Oc1cc(OC(C)=O)c2c(OC(C)=O)cc(OC(C)=O)cc2c1. The van der Waals surface area contributed by atoms with Crippen LogP contribution in [-0.2, 0) is 19.2 Å². The van der Waals surface area contributed by atoms with Crippen LogP contribution >= 0.6 is 0 Å². The lowest BCUT2D eigenvalue weighted by atomic mass is 10.1. The van der Waals surface area contributed by atoms with Gasteiger partial charge in [0.15, 0.2) is 0 Å². The van der Waals surface area contributed by atoms with Crippen LogP contribution in [0.1, 0.15) is 27.7 Å². The molecule has 0 saturated heterocycles. The number of ether oxygens (including phenoxy) is 4. The molecule has 0 amide bonds. The number of carbonyl (C=O) groups excluding carboxylic acids is 4. The molecule has 2 aromatic rings. The van der Waals surface area contributed by atoms with Gasteiger partial charge in [-0.2, -0.15) is 0 Å². The summed E-state index contributed by atoms with van der Waals surface area (Å²) >= 11 is 0. The lowest BCUT2D eigenvalue weighted by Gasteiger charge is -2.14. The molecule has 0 heterocycles. The maximum atomic E-state index is 11.4. The molecule has 2 aromatic carbocycles. The normalized spacial score (nSPS) is 10.2. The summed E-state index contributed by atoms with van der Waals surface area (Å²) in [7, 11) is 0. The van der Waals surface area contributed by atoms with Gasteiger partial charge in [0, 0.05) is 39.8 Å². The second kappa shape index (κ2) is 7.64. The molecule has 0 spiro atoms. The van der Waals surface area contributed by atoms with Gasteiger partial charge < -0.3 is 18.9 Å². The minimum Gasteiger partial charge on any atom is -0.427 e. The molecule has 0 aliphatic rings. The highest BCUT2D eigenvalue weighted by atomic mass is 16.6. The van der Waals surface area contributed by atoms with Gasteiger partial charge in [-0.1, -0.05) is 0 Å². The van der Waals surface area contributed by atoms with Gasteiger partial charge in [-0.25, -0.2) is 0 Å². The standard InChI is InChI=1S/C18H16O8/c1-9(19)23-14-5-13-6-15(24-10(2)20)8-17(26-12(4)22)18(13)16(7-14)25-11(3)21/h5-8H,1-4H3. The molecule has 2 rings (SSSR count). The number of carbonyl (C=O) groups is 4. The average molecular weight is 360 g/mol. The van der Waals surface area contributed by atoms with Crippen LogP contribution in [0.2, 0.25) is 0 Å². The summed E-state index contributed by atoms with van der Waals surface area (Å²) in [5, 5.41) is 0.650. The zero-order valence-electron chi connectivity index (χ0n) is 14.6. The highest BCUT2D eigenvalue weighted by molar-refractivity contribution is 5.99. The van der Waals surface area contributed by atoms with E-state index < -0.39 is 23.9 Å². The average Bonchev–Trinajstić information content (AvgIpc) is 2.43. The first-order valence-corrected chi connectivity index (χ1v) is 7.51. The van der Waals surface area contributed by atoms with E-state index in [0.29, 0.717) is 5.39 Å². The van der Waals surface area contributed by atoms with E-state index in [1.165, 1.54) is 52.0 Å². The molecule has 0 radical (unpaired) electrons. The molecule has 8 nitrogen and oxygen atoms in total. The molecular formula is C18H16O8. The third-order valence-electron chi connectivity index (χ3n) is 2.95. The zero-order valence-corrected chi connectivity index (χ0v) is 14.6. The number of rotatable bonds is 4. The minimum atomic E-state index is -0.621. The smallest absolute Gasteiger partial charge is 0.308 e. The van der Waals surface area contributed by atoms with E-state index in [-0.39, 0.29) is 28.4 Å². The number of esters is 4. The first-order chi connectivity index (χ1) is 12.2. The Morgan fingerprint density at radius 1 is 0.577 bits per heavy atom. The van der Waals surface area contributed by atoms with E-state index in [4.69, 9.17) is 18.9 Å². The van der Waals surface area contributed by atoms with Gasteiger partial charge in [-0.15, -0.1) is 0 Å². The van der Waals surface area contributed by atoms with E-state index in [0.717, 1.165) is 0 Å². The maximum Gasteiger partial charge on any atom is 0.308 e. The summed E-state index contributed by atoms with van der Waals surface area (Å²) in [6.07, 6.45) is 0. The molecule has 0 unspecified atom stereocenters. The summed E-state index contributed by atoms with van der Waals surface area (Å²) in [6.45, 7) is 4.83. The molecule has 0 aliphatic heterocycles. The van der Waals surface area contributed by atoms with Gasteiger partial charge in [0.2, 0.25) is 0 Å². The van der Waals surface area contributed by atoms with Gasteiger partial charge in [0.25, 0.3) is 0 Å². The largest absolute Gasteiger partial charge is 0.427 e. The molecule has 0 fully saturated rings. The van der Waals surface area contributed by atoms with Crippen LogP contribution in [0.3, 0.4) is 0 Å². The first-order valence-electron chi connectivity index (χ1n) is 7.51. The van der Waals surface area contributed by atoms with Gasteiger partial charge in [-0.05, 0) is 17.5 Å². The van der Waals surface area contributed by atoms with Crippen molar-refractivity contribution in [3.63, 3.8) is 0 Å². The fourth-order valence-electron chi connectivity index (χ4n) is 2.31. The van der Waals surface area contributed by atoms with Crippen molar-refractivity contribution in [2.24, 2.45) is 0 Å². The van der Waals surface area contributed by atoms with Crippen LogP contribution < -0.4 is 18.9 Å². The Morgan fingerprint density at radius 3 is 1.23 bits per heavy atom. The highest BCUT2D eigenvalue weighted by Crippen LogP contribution is 2.40. The lowest BCUT2D eigenvalue weighted by Crippen LogP contribution is -2.08. The topological polar surface area (TPSA) is 105 Å². The van der Waals surface area contributed by atoms with Crippen molar-refractivity contribution in [1.82, 2.24) is 0 Å². The molecule has 0 N–H and O–H groups in total. The van der Waals surface area contributed by atoms with Crippen molar-refractivity contribution < 1.29 is 38.1 Å². The number of benzene rings is 2. The summed E-state index contributed by atoms with van der Waals surface area (Å²) in [6, 6.07) is 5.57. The Hall–Kier alpha value is -3.42. The van der Waals surface area contributed by atoms with Crippen molar-refractivity contribution in [2.75, 3.05) is 0 Å². The van der Waals surface area contributed by atoms with E-state index in [1.807, 2.05) is 0 Å². The summed E-state index contributed by atoms with van der Waals surface area (Å²) in [4.78, 5) is 45.3. The lowest BCUT2D eigenvalue weighted by molar-refractivity contribution is -0.133. The molecule has 8 heteroatoms. The molecule has 0 atom stereocenters. The van der Waals surface area contributed by atoms with Gasteiger partial charge in [0.05, 0.1) is 5.39 Å². The fraction of sp³-hybridized carbons (Fsp3) is 0.222. The van der Waals surface area contributed by atoms with E-state index in [9.17, 15) is 19.2 Å². The summed E-state index contributed by atoms with van der Waals surface area (Å²) in [5.41, 5.74) is 0. The Balaban J connectivity index is 2.77. The number of hydrogen-bond acceptors (Lipinski definition) is 8. The van der Waals surface area contributed by atoms with Crippen LogP contribution in [0, 0.1) is 0 Å². The quantitative estimate of drug-likeness (QED) is 0.605. The second-order valence-electron chi connectivity index (χ2n) is 5.32. The number of fused-ring (bicyclic) bond motifs is 1. The predicted molar refractivity (Wildman–Crippen MR) is 89.2 cm³/mol. The van der Waals surface area contributed by atoms with Crippen molar-refractivity contribution in [2.45, 2.75) is 27.7 Å². The van der Waals surface area contributed by atoms with Crippen molar-refractivity contribution >= 4 is 34.6 Å². The third-order valence-corrected chi connectivity index (χ3v) is 2.95. The van der Waals surface area contributed by atoms with Crippen LogP contribution in [0.5, 0.6) is 23.0 Å². The second-order valence-corrected chi connectivity index (χ2v) is 5.32. The van der Waals surface area contributed by atoms with Gasteiger partial charge in [0.1, 0.15) is 23.0 Å². The molecule has 0 aromatic heterocycles. The van der Waals surface area contributed by atoms with Gasteiger partial charge >= 0.3 is 23.9 Å². The Morgan fingerprint density at radius 2 is 0.923 bits per heavy atom. The predicted octanol–water partition coefficient (Wildman–Crippen LogP) is 2.54. The van der Waals surface area contributed by atoms with E-state index >= 15 is 0 Å². The molecule has 26 heavy (non-hydrogen) atoms. The van der Waals surface area contributed by atoms with Crippen LogP contribution in [-0.4, -0.2) is 23.9 Å². The van der Waals surface area contributed by atoms with Gasteiger partial charge in [-0.3, -0.25) is 19.2 Å². The number of hydrogen-bond donors (Lipinski definition) is 0. The third kappa shape index (κ3) is 4.79. The zero-order chi connectivity index (χ0) is 19.4. The van der Waals surface area contributed by atoms with Crippen molar-refractivity contribution in [1.29, 1.82) is 0 Å². The molecule has 136 valence electrons. The first kappa shape index (κ1) is 18.9. The van der Waals surface area contributed by atoms with Crippen LogP contribution in [0.4, 0.5) is 0 Å². The fourth-order valence-corrected chi connectivity index (χ4v) is 2.31. The highest BCUT2D eigenvalue weighted by Gasteiger charge is 2.18. The molecule has 0 aliphatic carbocycles. The Labute approximate surface area is 148 Å². The van der Waals surface area contributed by atoms with E-state index in [2.05, 4.69) is 0 Å². The monoisotopic (exact) mass is 360 g/mol. The van der Waals surface area contributed by atoms with Crippen molar-refractivity contribution in [3.05, 3.63) is 24.3 Å². The van der Waals surface area contributed by atoms with E-state index in [1.54, 1.807) is 0 Å². The van der Waals surface area contributed by atoms with Crippen LogP contribution in [0.15, 0.2) is 24.3 Å². The summed E-state index contributed by atoms with van der Waals surface area (Å²) in [5.74, 6) is -2.13. The van der Waals surface area contributed by atoms with Crippen molar-refractivity contribution in [3.8, 4) is 23.0 Å². The maximum absolute atomic E-state index is 11.4. The van der Waals surface area contributed by atoms with Crippen LogP contribution in [0.25, 0.3) is 10.8 Å². The summed E-state index contributed by atoms with van der Waals surface area (Å²) < 4.78 is 20.4.